The van der Waals surface area contributed by atoms with Gasteiger partial charge in [0.1, 0.15) is 0 Å². The summed E-state index contributed by atoms with van der Waals surface area (Å²) in [5, 5.41) is 2.11. The SMILES string of the molecule is c1ccc(-c2cccc(-c3cccc(-c4ccc5ccc6ccc(-c7ccccc7)nc6c5n4)n3)n2)cc1. The van der Waals surface area contributed by atoms with Crippen molar-refractivity contribution < 1.29 is 0 Å². The molecular formula is C34H22N4. The minimum absolute atomic E-state index is 0.799. The lowest BCUT2D eigenvalue weighted by atomic mass is 10.1. The van der Waals surface area contributed by atoms with Crippen LogP contribution in [0.5, 0.6) is 0 Å². The first-order valence-electron chi connectivity index (χ1n) is 12.6. The molecule has 7 aromatic rings. The summed E-state index contributed by atoms with van der Waals surface area (Å²) >= 11 is 0. The number of benzene rings is 3. The molecule has 178 valence electrons. The van der Waals surface area contributed by atoms with Gasteiger partial charge in [0.05, 0.1) is 45.2 Å². The molecule has 7 rings (SSSR count). The Morgan fingerprint density at radius 3 is 1.18 bits per heavy atom. The van der Waals surface area contributed by atoms with Crippen LogP contribution in [0.2, 0.25) is 0 Å². The van der Waals surface area contributed by atoms with Crippen molar-refractivity contribution in [2.75, 3.05) is 0 Å². The van der Waals surface area contributed by atoms with Crippen LogP contribution in [0.1, 0.15) is 0 Å². The van der Waals surface area contributed by atoms with Crippen LogP contribution >= 0.6 is 0 Å². The minimum Gasteiger partial charge on any atom is -0.246 e. The molecule has 0 bridgehead atoms. The Morgan fingerprint density at radius 2 is 0.632 bits per heavy atom. The first kappa shape index (κ1) is 22.0. The second kappa shape index (κ2) is 9.34. The van der Waals surface area contributed by atoms with E-state index in [4.69, 9.17) is 19.9 Å². The van der Waals surface area contributed by atoms with Crippen LogP contribution in [-0.4, -0.2) is 19.9 Å². The average Bonchev–Trinajstić information content (AvgIpc) is 3.01. The highest BCUT2D eigenvalue weighted by molar-refractivity contribution is 6.04. The van der Waals surface area contributed by atoms with Crippen molar-refractivity contribution in [2.45, 2.75) is 0 Å². The van der Waals surface area contributed by atoms with Crippen molar-refractivity contribution in [3.8, 4) is 45.3 Å². The predicted molar refractivity (Wildman–Crippen MR) is 154 cm³/mol. The molecule has 4 aromatic heterocycles. The van der Waals surface area contributed by atoms with E-state index >= 15 is 0 Å². The monoisotopic (exact) mass is 486 g/mol. The molecule has 0 aliphatic rings. The lowest BCUT2D eigenvalue weighted by Crippen LogP contribution is -1.94. The molecule has 4 nitrogen and oxygen atoms in total. The van der Waals surface area contributed by atoms with Gasteiger partial charge in [-0.05, 0) is 36.4 Å². The topological polar surface area (TPSA) is 51.6 Å². The van der Waals surface area contributed by atoms with Crippen molar-refractivity contribution in [3.63, 3.8) is 0 Å². The van der Waals surface area contributed by atoms with Crippen LogP contribution in [0.25, 0.3) is 67.1 Å². The Kier molecular flexibility index (Phi) is 5.41. The van der Waals surface area contributed by atoms with Gasteiger partial charge in [0.15, 0.2) is 0 Å². The summed E-state index contributed by atoms with van der Waals surface area (Å²) in [5.41, 5.74) is 9.02. The molecule has 3 aromatic carbocycles. The fourth-order valence-corrected chi connectivity index (χ4v) is 4.75. The summed E-state index contributed by atoms with van der Waals surface area (Å²) in [7, 11) is 0. The molecule has 0 radical (unpaired) electrons. The molecule has 0 spiro atoms. The van der Waals surface area contributed by atoms with E-state index in [1.54, 1.807) is 0 Å². The fraction of sp³-hybridized carbons (Fsp3) is 0. The van der Waals surface area contributed by atoms with E-state index < -0.39 is 0 Å². The molecule has 0 atom stereocenters. The summed E-state index contributed by atoms with van der Waals surface area (Å²) < 4.78 is 0. The molecule has 0 aliphatic heterocycles. The zero-order chi connectivity index (χ0) is 25.3. The van der Waals surface area contributed by atoms with Crippen molar-refractivity contribution in [2.24, 2.45) is 0 Å². The summed E-state index contributed by atoms with van der Waals surface area (Å²) in [4.78, 5) is 19.9. The minimum atomic E-state index is 0.799. The van der Waals surface area contributed by atoms with E-state index in [0.717, 1.165) is 67.1 Å². The van der Waals surface area contributed by atoms with Gasteiger partial charge in [0.2, 0.25) is 0 Å². The molecule has 38 heavy (non-hydrogen) atoms. The summed E-state index contributed by atoms with van der Waals surface area (Å²) in [6.45, 7) is 0. The number of nitrogens with zero attached hydrogens (tertiary/aromatic N) is 4. The van der Waals surface area contributed by atoms with Crippen LogP contribution in [0.4, 0.5) is 0 Å². The van der Waals surface area contributed by atoms with Crippen LogP contribution in [-0.2, 0) is 0 Å². The quantitative estimate of drug-likeness (QED) is 0.235. The van der Waals surface area contributed by atoms with Crippen molar-refractivity contribution >= 4 is 21.8 Å². The highest BCUT2D eigenvalue weighted by atomic mass is 14.8. The number of hydrogen-bond acceptors (Lipinski definition) is 4. The number of rotatable bonds is 4. The van der Waals surface area contributed by atoms with Gasteiger partial charge in [0.25, 0.3) is 0 Å². The second-order valence-electron chi connectivity index (χ2n) is 9.15. The van der Waals surface area contributed by atoms with Gasteiger partial charge in [-0.1, -0.05) is 97.1 Å². The van der Waals surface area contributed by atoms with Gasteiger partial charge in [-0.15, -0.1) is 0 Å². The zero-order valence-electron chi connectivity index (χ0n) is 20.5. The second-order valence-corrected chi connectivity index (χ2v) is 9.15. The van der Waals surface area contributed by atoms with Gasteiger partial charge >= 0.3 is 0 Å². The smallest absolute Gasteiger partial charge is 0.0973 e. The number of pyridine rings is 4. The molecular weight excluding hydrogens is 464 g/mol. The van der Waals surface area contributed by atoms with Gasteiger partial charge in [0, 0.05) is 21.9 Å². The maximum atomic E-state index is 5.06. The standard InChI is InChI=1S/C34H22N4/c1-3-9-23(10-4-1)27-13-7-14-29(35-27)30-15-8-16-31(36-30)32-22-20-26-18-17-25-19-21-28(24-11-5-2-6-12-24)37-33(25)34(26)38-32/h1-22H. The van der Waals surface area contributed by atoms with Gasteiger partial charge in [-0.25, -0.2) is 19.9 Å². The fourth-order valence-electron chi connectivity index (χ4n) is 4.75. The summed E-state index contributed by atoms with van der Waals surface area (Å²) in [6, 6.07) is 45.0. The molecule has 0 saturated heterocycles. The molecule has 0 aliphatic carbocycles. The average molecular weight is 487 g/mol. The number of fused-ring (bicyclic) bond motifs is 3. The molecule has 4 heterocycles. The van der Waals surface area contributed by atoms with Crippen LogP contribution in [0.15, 0.2) is 133 Å². The number of aromatic nitrogens is 4. The Bertz CT molecular complexity index is 1920. The summed E-state index contributed by atoms with van der Waals surface area (Å²) in [6.07, 6.45) is 0. The van der Waals surface area contributed by atoms with Gasteiger partial charge in [-0.2, -0.15) is 0 Å². The van der Waals surface area contributed by atoms with Crippen LogP contribution in [0, 0.1) is 0 Å². The Morgan fingerprint density at radius 1 is 0.263 bits per heavy atom. The van der Waals surface area contributed by atoms with Crippen molar-refractivity contribution in [3.05, 3.63) is 133 Å². The Balaban J connectivity index is 1.32. The third-order valence-corrected chi connectivity index (χ3v) is 6.68. The zero-order valence-corrected chi connectivity index (χ0v) is 20.5. The van der Waals surface area contributed by atoms with E-state index in [-0.39, 0.29) is 0 Å². The molecule has 0 fully saturated rings. The molecule has 4 heteroatoms. The van der Waals surface area contributed by atoms with Crippen molar-refractivity contribution in [1.29, 1.82) is 0 Å². The van der Waals surface area contributed by atoms with Gasteiger partial charge in [-0.3, -0.25) is 0 Å². The third kappa shape index (κ3) is 4.08. The molecule has 0 amide bonds. The van der Waals surface area contributed by atoms with Crippen LogP contribution < -0.4 is 0 Å². The highest BCUT2D eigenvalue weighted by Gasteiger charge is 2.11. The normalized spacial score (nSPS) is 11.2. The molecule has 0 unspecified atom stereocenters. The van der Waals surface area contributed by atoms with E-state index in [1.165, 1.54) is 0 Å². The molecule has 0 N–H and O–H groups in total. The first-order chi connectivity index (χ1) is 18.8. The highest BCUT2D eigenvalue weighted by Crippen LogP contribution is 2.29. The summed E-state index contributed by atoms with van der Waals surface area (Å²) in [5.74, 6) is 0. The van der Waals surface area contributed by atoms with Crippen molar-refractivity contribution in [1.82, 2.24) is 19.9 Å². The van der Waals surface area contributed by atoms with E-state index in [2.05, 4.69) is 54.6 Å². The van der Waals surface area contributed by atoms with E-state index in [0.29, 0.717) is 0 Å². The van der Waals surface area contributed by atoms with Gasteiger partial charge < -0.3 is 0 Å². The lowest BCUT2D eigenvalue weighted by Gasteiger charge is -2.09. The maximum Gasteiger partial charge on any atom is 0.0973 e. The first-order valence-corrected chi connectivity index (χ1v) is 12.6. The Labute approximate surface area is 220 Å². The largest absolute Gasteiger partial charge is 0.246 e. The predicted octanol–water partition coefficient (Wildman–Crippen LogP) is 8.24. The van der Waals surface area contributed by atoms with E-state index in [1.807, 2.05) is 78.9 Å². The van der Waals surface area contributed by atoms with E-state index in [9.17, 15) is 0 Å². The molecule has 0 saturated carbocycles. The number of hydrogen-bond donors (Lipinski definition) is 0. The Hall–Kier alpha value is -5.22. The third-order valence-electron chi connectivity index (χ3n) is 6.68. The lowest BCUT2D eigenvalue weighted by molar-refractivity contribution is 1.23. The van der Waals surface area contributed by atoms with Crippen LogP contribution in [0.3, 0.4) is 0 Å². The maximum absolute atomic E-state index is 5.06.